The van der Waals surface area contributed by atoms with E-state index in [1.54, 1.807) is 30.5 Å². The molecule has 1 aromatic carbocycles. The van der Waals surface area contributed by atoms with Gasteiger partial charge in [0.05, 0.1) is 11.6 Å². The third kappa shape index (κ3) is 2.79. The van der Waals surface area contributed by atoms with Gasteiger partial charge in [-0.25, -0.2) is 4.98 Å². The summed E-state index contributed by atoms with van der Waals surface area (Å²) >= 11 is 0. The summed E-state index contributed by atoms with van der Waals surface area (Å²) in [6.45, 7) is 1.26. The summed E-state index contributed by atoms with van der Waals surface area (Å²) in [5.41, 5.74) is 4.46. The molecular weight excluding hydrogens is 312 g/mol. The second-order valence-corrected chi connectivity index (χ2v) is 6.02. The standard InChI is InChI=1S/C20H16N4O/c21-12-14-3-5-16(6-4-14)20(25)24-10-7-15(8-11-24)18-13-23-19-17(18)2-1-9-22-19/h1-7,9,13H,8,10-11H2,(H,22,23). The van der Waals surface area contributed by atoms with Gasteiger partial charge in [-0.1, -0.05) is 6.08 Å². The Hall–Kier alpha value is -3.39. The smallest absolute Gasteiger partial charge is 0.254 e. The van der Waals surface area contributed by atoms with E-state index in [4.69, 9.17) is 5.26 Å². The van der Waals surface area contributed by atoms with Gasteiger partial charge in [0, 0.05) is 42.0 Å². The van der Waals surface area contributed by atoms with Gasteiger partial charge in [0.2, 0.25) is 0 Å². The number of aromatic nitrogens is 2. The van der Waals surface area contributed by atoms with Gasteiger partial charge in [0.15, 0.2) is 0 Å². The van der Waals surface area contributed by atoms with Crippen LogP contribution >= 0.6 is 0 Å². The lowest BCUT2D eigenvalue weighted by molar-refractivity contribution is 0.0773. The number of nitrogens with zero attached hydrogens (tertiary/aromatic N) is 3. The fourth-order valence-corrected chi connectivity index (χ4v) is 3.19. The van der Waals surface area contributed by atoms with E-state index in [2.05, 4.69) is 28.2 Å². The lowest BCUT2D eigenvalue weighted by atomic mass is 9.99. The molecule has 0 spiro atoms. The quantitative estimate of drug-likeness (QED) is 0.784. The molecule has 0 unspecified atom stereocenters. The lowest BCUT2D eigenvalue weighted by Crippen LogP contribution is -2.34. The first-order valence-electron chi connectivity index (χ1n) is 8.17. The van der Waals surface area contributed by atoms with Crippen molar-refractivity contribution in [1.29, 1.82) is 5.26 Å². The van der Waals surface area contributed by atoms with Gasteiger partial charge in [-0.3, -0.25) is 4.79 Å². The van der Waals surface area contributed by atoms with Crippen LogP contribution in [0.2, 0.25) is 0 Å². The van der Waals surface area contributed by atoms with Crippen LogP contribution in [-0.2, 0) is 0 Å². The summed E-state index contributed by atoms with van der Waals surface area (Å²) in [5.74, 6) is 0.000355. The number of rotatable bonds is 2. The van der Waals surface area contributed by atoms with Gasteiger partial charge in [-0.05, 0) is 48.4 Å². The largest absolute Gasteiger partial charge is 0.346 e. The number of nitriles is 1. The minimum absolute atomic E-state index is 0.000355. The predicted octanol–water partition coefficient (Wildman–Crippen LogP) is 3.36. The van der Waals surface area contributed by atoms with Crippen molar-refractivity contribution < 1.29 is 4.79 Å². The highest BCUT2D eigenvalue weighted by molar-refractivity contribution is 5.95. The molecule has 1 N–H and O–H groups in total. The molecule has 0 radical (unpaired) electrons. The van der Waals surface area contributed by atoms with Crippen LogP contribution in [0.15, 0.2) is 54.9 Å². The molecule has 5 nitrogen and oxygen atoms in total. The van der Waals surface area contributed by atoms with Crippen LogP contribution in [0, 0.1) is 11.3 Å². The Kier molecular flexibility index (Phi) is 3.79. The Bertz CT molecular complexity index is 1010. The summed E-state index contributed by atoms with van der Waals surface area (Å²) in [6, 6.07) is 12.8. The van der Waals surface area contributed by atoms with Crippen molar-refractivity contribution in [2.45, 2.75) is 6.42 Å². The molecule has 122 valence electrons. The average Bonchev–Trinajstić information content (AvgIpc) is 3.12. The highest BCUT2D eigenvalue weighted by Gasteiger charge is 2.20. The maximum Gasteiger partial charge on any atom is 0.254 e. The number of nitrogens with one attached hydrogen (secondary N) is 1. The first kappa shape index (κ1) is 15.2. The van der Waals surface area contributed by atoms with E-state index in [1.165, 1.54) is 5.57 Å². The zero-order valence-corrected chi connectivity index (χ0v) is 13.6. The Morgan fingerprint density at radius 1 is 1.24 bits per heavy atom. The maximum atomic E-state index is 12.6. The molecule has 25 heavy (non-hydrogen) atoms. The molecule has 0 fully saturated rings. The number of carbonyl (C=O) groups is 1. The van der Waals surface area contributed by atoms with Gasteiger partial charge in [0.1, 0.15) is 5.65 Å². The van der Waals surface area contributed by atoms with E-state index < -0.39 is 0 Å². The van der Waals surface area contributed by atoms with Crippen molar-refractivity contribution in [2.24, 2.45) is 0 Å². The van der Waals surface area contributed by atoms with Crippen LogP contribution in [0.3, 0.4) is 0 Å². The topological polar surface area (TPSA) is 72.8 Å². The molecule has 5 heteroatoms. The van der Waals surface area contributed by atoms with Crippen LogP contribution in [0.4, 0.5) is 0 Å². The van der Waals surface area contributed by atoms with Gasteiger partial charge in [-0.15, -0.1) is 0 Å². The molecule has 1 amide bonds. The normalized spacial score (nSPS) is 14.2. The van der Waals surface area contributed by atoms with Gasteiger partial charge in [-0.2, -0.15) is 5.26 Å². The van der Waals surface area contributed by atoms with Crippen molar-refractivity contribution in [3.63, 3.8) is 0 Å². The number of hydrogen-bond donors (Lipinski definition) is 1. The first-order chi connectivity index (χ1) is 12.3. The van der Waals surface area contributed by atoms with Crippen LogP contribution < -0.4 is 0 Å². The molecule has 3 heterocycles. The molecular formula is C20H16N4O. The highest BCUT2D eigenvalue weighted by atomic mass is 16.2. The third-order valence-corrected chi connectivity index (χ3v) is 4.55. The second-order valence-electron chi connectivity index (χ2n) is 6.02. The average molecular weight is 328 g/mol. The van der Waals surface area contributed by atoms with Gasteiger partial charge >= 0.3 is 0 Å². The SMILES string of the molecule is N#Cc1ccc(C(=O)N2CC=C(c3c[nH]c4ncccc34)CC2)cc1. The number of fused-ring (bicyclic) bond motifs is 1. The van der Waals surface area contributed by atoms with Crippen LogP contribution in [0.5, 0.6) is 0 Å². The Morgan fingerprint density at radius 2 is 2.08 bits per heavy atom. The molecule has 1 aliphatic rings. The van der Waals surface area contributed by atoms with Crippen molar-refractivity contribution in [3.05, 3.63) is 71.6 Å². The van der Waals surface area contributed by atoms with E-state index in [0.29, 0.717) is 24.2 Å². The zero-order valence-electron chi connectivity index (χ0n) is 13.6. The summed E-state index contributed by atoms with van der Waals surface area (Å²) in [4.78, 5) is 22.0. The summed E-state index contributed by atoms with van der Waals surface area (Å²) < 4.78 is 0. The summed E-state index contributed by atoms with van der Waals surface area (Å²) in [6.07, 6.45) is 6.68. The molecule has 0 atom stereocenters. The molecule has 0 saturated heterocycles. The number of pyridine rings is 1. The van der Waals surface area contributed by atoms with E-state index >= 15 is 0 Å². The Balaban J connectivity index is 1.53. The number of aromatic amines is 1. The van der Waals surface area contributed by atoms with E-state index in [1.807, 2.05) is 17.2 Å². The van der Waals surface area contributed by atoms with Crippen molar-refractivity contribution in [1.82, 2.24) is 14.9 Å². The number of amides is 1. The van der Waals surface area contributed by atoms with Gasteiger partial charge < -0.3 is 9.88 Å². The Labute approximate surface area is 145 Å². The second kappa shape index (κ2) is 6.25. The molecule has 0 bridgehead atoms. The number of H-pyrrole nitrogens is 1. The van der Waals surface area contributed by atoms with Gasteiger partial charge in [0.25, 0.3) is 5.91 Å². The van der Waals surface area contributed by atoms with E-state index in [9.17, 15) is 4.79 Å². The predicted molar refractivity (Wildman–Crippen MR) is 95.7 cm³/mol. The molecule has 1 aliphatic heterocycles. The molecule has 2 aromatic heterocycles. The first-order valence-corrected chi connectivity index (χ1v) is 8.17. The van der Waals surface area contributed by atoms with Crippen molar-refractivity contribution >= 4 is 22.5 Å². The highest BCUT2D eigenvalue weighted by Crippen LogP contribution is 2.28. The van der Waals surface area contributed by atoms with E-state index in [0.717, 1.165) is 23.0 Å². The number of hydrogen-bond acceptors (Lipinski definition) is 3. The van der Waals surface area contributed by atoms with E-state index in [-0.39, 0.29) is 5.91 Å². The zero-order chi connectivity index (χ0) is 17.2. The molecule has 0 saturated carbocycles. The monoisotopic (exact) mass is 328 g/mol. The minimum Gasteiger partial charge on any atom is -0.346 e. The fraction of sp³-hybridized carbons (Fsp3) is 0.150. The Morgan fingerprint density at radius 3 is 2.80 bits per heavy atom. The molecule has 4 rings (SSSR count). The number of benzene rings is 1. The van der Waals surface area contributed by atoms with Crippen molar-refractivity contribution in [2.75, 3.05) is 13.1 Å². The maximum absolute atomic E-state index is 12.6. The number of carbonyl (C=O) groups excluding carboxylic acids is 1. The minimum atomic E-state index is 0.000355. The summed E-state index contributed by atoms with van der Waals surface area (Å²) in [5, 5.41) is 9.96. The third-order valence-electron chi connectivity index (χ3n) is 4.55. The molecule has 3 aromatic rings. The van der Waals surface area contributed by atoms with Crippen molar-refractivity contribution in [3.8, 4) is 6.07 Å². The van der Waals surface area contributed by atoms with Crippen LogP contribution in [0.1, 0.15) is 27.9 Å². The lowest BCUT2D eigenvalue weighted by Gasteiger charge is -2.26. The van der Waals surface area contributed by atoms with Crippen LogP contribution in [-0.4, -0.2) is 33.9 Å². The fourth-order valence-electron chi connectivity index (χ4n) is 3.19. The summed E-state index contributed by atoms with van der Waals surface area (Å²) in [7, 11) is 0. The van der Waals surface area contributed by atoms with Crippen LogP contribution in [0.25, 0.3) is 16.6 Å². The molecule has 0 aliphatic carbocycles.